The molecule has 0 heterocycles. The Hall–Kier alpha value is -0.340. The van der Waals surface area contributed by atoms with E-state index in [0.29, 0.717) is 12.0 Å². The molecule has 148 valence electrons. The predicted molar refractivity (Wildman–Crippen MR) is 107 cm³/mol. The molecular weight excluding hydrogens is 320 g/mol. The summed E-state index contributed by atoms with van der Waals surface area (Å²) in [5.41, 5.74) is 1.49. The fraction of sp³-hybridized carbons (Fsp3) is 0.917. The van der Waals surface area contributed by atoms with Crippen molar-refractivity contribution in [2.24, 2.45) is 40.9 Å². The first kappa shape index (κ1) is 19.0. The highest BCUT2D eigenvalue weighted by atomic mass is 16.5. The second kappa shape index (κ2) is 6.92. The molecule has 4 rings (SSSR count). The third-order valence-electron chi connectivity index (χ3n) is 9.46. The molecule has 4 saturated carbocycles. The van der Waals surface area contributed by atoms with Gasteiger partial charge in [-0.1, -0.05) is 26.0 Å². The van der Waals surface area contributed by atoms with E-state index in [1.807, 2.05) is 0 Å². The summed E-state index contributed by atoms with van der Waals surface area (Å²) in [6.07, 6.45) is 12.7. The maximum Gasteiger partial charge on any atom is 0.0882 e. The van der Waals surface area contributed by atoms with Gasteiger partial charge in [0.25, 0.3) is 0 Å². The average molecular weight is 361 g/mol. The van der Waals surface area contributed by atoms with E-state index in [4.69, 9.17) is 4.74 Å². The molecule has 0 aliphatic heterocycles. The van der Waals surface area contributed by atoms with Gasteiger partial charge in [0.2, 0.25) is 0 Å². The topological polar surface area (TPSA) is 29.5 Å². The highest BCUT2D eigenvalue weighted by Crippen LogP contribution is 2.65. The zero-order valence-corrected chi connectivity index (χ0v) is 17.3. The quantitative estimate of drug-likeness (QED) is 0.661. The maximum atomic E-state index is 10.9. The lowest BCUT2D eigenvalue weighted by Gasteiger charge is -2.57. The van der Waals surface area contributed by atoms with Gasteiger partial charge < -0.3 is 9.84 Å². The van der Waals surface area contributed by atoms with Crippen LogP contribution >= 0.6 is 0 Å². The van der Waals surface area contributed by atoms with Crippen LogP contribution in [0.1, 0.15) is 78.1 Å². The molecule has 8 atom stereocenters. The van der Waals surface area contributed by atoms with E-state index in [9.17, 15) is 5.11 Å². The molecule has 4 aliphatic rings. The Balaban J connectivity index is 1.50. The van der Waals surface area contributed by atoms with Gasteiger partial charge in [-0.2, -0.15) is 0 Å². The van der Waals surface area contributed by atoms with E-state index in [-0.39, 0.29) is 0 Å². The predicted octanol–water partition coefficient (Wildman–Crippen LogP) is 5.60. The van der Waals surface area contributed by atoms with Crippen LogP contribution in [0.15, 0.2) is 12.2 Å². The standard InChI is InChI=1S/C24H40O2/c1-5-16(2)21-8-9-22-20-7-6-17-14-24(25,15-26-4)13-11-18(17)19(20)10-12-23(21,22)3/h17-22,25H,2,5-15H2,1,3-4H3/t17-,18-,19+,20+,21+,22-,23+,24+/m0/s1. The molecule has 0 radical (unpaired) electrons. The lowest BCUT2D eigenvalue weighted by Crippen LogP contribution is -2.52. The lowest BCUT2D eigenvalue weighted by atomic mass is 9.48. The van der Waals surface area contributed by atoms with Crippen molar-refractivity contribution in [2.45, 2.75) is 83.7 Å². The van der Waals surface area contributed by atoms with Crippen molar-refractivity contribution < 1.29 is 9.84 Å². The third kappa shape index (κ3) is 2.91. The summed E-state index contributed by atoms with van der Waals surface area (Å²) in [6.45, 7) is 9.87. The van der Waals surface area contributed by atoms with Crippen molar-refractivity contribution in [1.82, 2.24) is 0 Å². The first-order chi connectivity index (χ1) is 12.4. The summed E-state index contributed by atoms with van der Waals surface area (Å²) in [6, 6.07) is 0. The van der Waals surface area contributed by atoms with Crippen LogP contribution in [0.3, 0.4) is 0 Å². The molecule has 0 bridgehead atoms. The van der Waals surface area contributed by atoms with Gasteiger partial charge in [-0.25, -0.2) is 0 Å². The minimum Gasteiger partial charge on any atom is -0.387 e. The summed E-state index contributed by atoms with van der Waals surface area (Å²) in [7, 11) is 1.73. The molecule has 0 aromatic heterocycles. The van der Waals surface area contributed by atoms with Crippen molar-refractivity contribution in [3.05, 3.63) is 12.2 Å². The van der Waals surface area contributed by atoms with E-state index in [1.165, 1.54) is 50.5 Å². The zero-order valence-electron chi connectivity index (χ0n) is 17.3. The van der Waals surface area contributed by atoms with Gasteiger partial charge in [0.05, 0.1) is 12.2 Å². The van der Waals surface area contributed by atoms with Crippen molar-refractivity contribution in [2.75, 3.05) is 13.7 Å². The number of aliphatic hydroxyl groups is 1. The first-order valence-electron chi connectivity index (χ1n) is 11.3. The Labute approximate surface area is 160 Å². The van der Waals surface area contributed by atoms with Gasteiger partial charge in [0.1, 0.15) is 0 Å². The molecule has 2 heteroatoms. The van der Waals surface area contributed by atoms with Gasteiger partial charge in [0.15, 0.2) is 0 Å². The summed E-state index contributed by atoms with van der Waals surface area (Å²) in [5, 5.41) is 10.9. The Morgan fingerprint density at radius 1 is 1.04 bits per heavy atom. The monoisotopic (exact) mass is 360 g/mol. The highest BCUT2D eigenvalue weighted by Gasteiger charge is 2.57. The van der Waals surface area contributed by atoms with Crippen LogP contribution in [0.25, 0.3) is 0 Å². The van der Waals surface area contributed by atoms with Crippen LogP contribution in [0.2, 0.25) is 0 Å². The molecule has 0 aromatic rings. The summed E-state index contributed by atoms with van der Waals surface area (Å²) < 4.78 is 5.33. The van der Waals surface area contributed by atoms with E-state index in [0.717, 1.165) is 54.8 Å². The van der Waals surface area contributed by atoms with Crippen LogP contribution in [-0.4, -0.2) is 24.4 Å². The molecule has 0 unspecified atom stereocenters. The molecule has 0 amide bonds. The second-order valence-electron chi connectivity index (χ2n) is 10.5. The third-order valence-corrected chi connectivity index (χ3v) is 9.46. The molecule has 26 heavy (non-hydrogen) atoms. The number of fused-ring (bicyclic) bond motifs is 5. The molecule has 0 aromatic carbocycles. The highest BCUT2D eigenvalue weighted by molar-refractivity contribution is 5.15. The molecule has 2 nitrogen and oxygen atoms in total. The molecule has 4 aliphatic carbocycles. The van der Waals surface area contributed by atoms with Gasteiger partial charge >= 0.3 is 0 Å². The number of hydrogen-bond acceptors (Lipinski definition) is 2. The van der Waals surface area contributed by atoms with Crippen molar-refractivity contribution in [1.29, 1.82) is 0 Å². The molecule has 0 spiro atoms. The Bertz CT molecular complexity index is 542. The SMILES string of the molecule is C=C(CC)[C@H]1CC[C@H]2[C@@H]3CC[C@H]4C[C@@](O)(COC)CC[C@@H]4[C@H]3CC[C@]12C. The van der Waals surface area contributed by atoms with E-state index in [1.54, 1.807) is 7.11 Å². The fourth-order valence-corrected chi connectivity index (χ4v) is 8.28. The zero-order chi connectivity index (χ0) is 18.5. The second-order valence-corrected chi connectivity index (χ2v) is 10.5. The van der Waals surface area contributed by atoms with Gasteiger partial charge in [-0.3, -0.25) is 0 Å². The molecule has 1 N–H and O–H groups in total. The van der Waals surface area contributed by atoms with E-state index < -0.39 is 5.60 Å². The van der Waals surface area contributed by atoms with Crippen molar-refractivity contribution in [3.63, 3.8) is 0 Å². The summed E-state index contributed by atoms with van der Waals surface area (Å²) in [4.78, 5) is 0. The van der Waals surface area contributed by atoms with Crippen molar-refractivity contribution in [3.8, 4) is 0 Å². The number of hydrogen-bond donors (Lipinski definition) is 1. The Morgan fingerprint density at radius 3 is 2.54 bits per heavy atom. The summed E-state index contributed by atoms with van der Waals surface area (Å²) >= 11 is 0. The van der Waals surface area contributed by atoms with Gasteiger partial charge in [-0.15, -0.1) is 0 Å². The van der Waals surface area contributed by atoms with Crippen LogP contribution in [0.5, 0.6) is 0 Å². The van der Waals surface area contributed by atoms with Crippen molar-refractivity contribution >= 4 is 0 Å². The fourth-order valence-electron chi connectivity index (χ4n) is 8.28. The van der Waals surface area contributed by atoms with E-state index in [2.05, 4.69) is 20.4 Å². The smallest absolute Gasteiger partial charge is 0.0882 e. The van der Waals surface area contributed by atoms with Crippen LogP contribution in [-0.2, 0) is 4.74 Å². The normalized spacial score (nSPS) is 50.6. The van der Waals surface area contributed by atoms with Crippen LogP contribution in [0, 0.1) is 40.9 Å². The Kier molecular flexibility index (Phi) is 5.06. The number of rotatable bonds is 4. The largest absolute Gasteiger partial charge is 0.387 e. The molecule has 0 saturated heterocycles. The average Bonchev–Trinajstić information content (AvgIpc) is 2.98. The van der Waals surface area contributed by atoms with Gasteiger partial charge in [-0.05, 0) is 105 Å². The van der Waals surface area contributed by atoms with E-state index >= 15 is 0 Å². The summed E-state index contributed by atoms with van der Waals surface area (Å²) in [5.74, 6) is 5.16. The molecule has 4 fully saturated rings. The minimum atomic E-state index is -0.552. The maximum absolute atomic E-state index is 10.9. The van der Waals surface area contributed by atoms with Gasteiger partial charge in [0, 0.05) is 7.11 Å². The van der Waals surface area contributed by atoms with Crippen LogP contribution in [0.4, 0.5) is 0 Å². The minimum absolute atomic E-state index is 0.520. The lowest BCUT2D eigenvalue weighted by molar-refractivity contribution is -0.123. The van der Waals surface area contributed by atoms with Crippen LogP contribution < -0.4 is 0 Å². The number of ether oxygens (including phenoxy) is 1. The molecular formula is C24H40O2. The Morgan fingerprint density at radius 2 is 1.81 bits per heavy atom. The first-order valence-corrected chi connectivity index (χ1v) is 11.3. The number of allylic oxidation sites excluding steroid dienone is 1. The number of methoxy groups -OCH3 is 1.